The molecule has 2 aromatic rings. The summed E-state index contributed by atoms with van der Waals surface area (Å²) in [5.41, 5.74) is 1.58. The van der Waals surface area contributed by atoms with Crippen LogP contribution < -0.4 is 5.32 Å². The monoisotopic (exact) mass is 402 g/mol. The first-order valence-electron chi connectivity index (χ1n) is 8.74. The second-order valence-electron chi connectivity index (χ2n) is 6.53. The third-order valence-corrected chi connectivity index (χ3v) is 5.08. The van der Waals surface area contributed by atoms with Crippen molar-refractivity contribution in [2.45, 2.75) is 0 Å². The van der Waals surface area contributed by atoms with E-state index >= 15 is 0 Å². The standard InChI is InChI=1S/C22H14N2O4S/c1-2-9-24-21(28)17(20(27)23-22(24)29)11-12-7-8-15-16(10-12)19(26)14-6-4-3-5-13(14)18(15)25/h2-8,10-11H,1,9H2,(H,23,27,29). The smallest absolute Gasteiger partial charge is 0.265 e. The van der Waals surface area contributed by atoms with E-state index in [0.717, 1.165) is 0 Å². The minimum atomic E-state index is -0.620. The fraction of sp³-hybridized carbons (Fsp3) is 0.0455. The number of thiocarbonyl (C=S) groups is 1. The fourth-order valence-corrected chi connectivity index (χ4v) is 3.61. The predicted molar refractivity (Wildman–Crippen MR) is 110 cm³/mol. The number of fused-ring (bicyclic) bond motifs is 2. The normalized spacial score (nSPS) is 17.2. The van der Waals surface area contributed by atoms with Crippen LogP contribution in [-0.4, -0.2) is 39.9 Å². The van der Waals surface area contributed by atoms with E-state index in [0.29, 0.717) is 22.3 Å². The van der Waals surface area contributed by atoms with Gasteiger partial charge in [-0.1, -0.05) is 36.4 Å². The van der Waals surface area contributed by atoms with E-state index in [1.54, 1.807) is 30.3 Å². The quantitative estimate of drug-likeness (QED) is 0.315. The number of carbonyl (C=O) groups is 4. The molecule has 1 aliphatic heterocycles. The number of hydrogen-bond acceptors (Lipinski definition) is 5. The summed E-state index contributed by atoms with van der Waals surface area (Å²) in [4.78, 5) is 51.7. The van der Waals surface area contributed by atoms with Crippen molar-refractivity contribution >= 4 is 46.8 Å². The van der Waals surface area contributed by atoms with Gasteiger partial charge in [-0.05, 0) is 36.0 Å². The van der Waals surface area contributed by atoms with E-state index in [4.69, 9.17) is 12.2 Å². The van der Waals surface area contributed by atoms with E-state index in [2.05, 4.69) is 11.9 Å². The number of rotatable bonds is 3. The topological polar surface area (TPSA) is 83.6 Å². The molecule has 4 rings (SSSR count). The number of hydrogen-bond donors (Lipinski definition) is 1. The Balaban J connectivity index is 1.76. The number of nitrogens with one attached hydrogen (secondary N) is 1. The molecule has 29 heavy (non-hydrogen) atoms. The lowest BCUT2D eigenvalue weighted by Crippen LogP contribution is -2.53. The highest BCUT2D eigenvalue weighted by Crippen LogP contribution is 2.28. The van der Waals surface area contributed by atoms with Crippen LogP contribution >= 0.6 is 12.2 Å². The Kier molecular flexibility index (Phi) is 4.52. The zero-order chi connectivity index (χ0) is 20.7. The number of ketones is 2. The van der Waals surface area contributed by atoms with E-state index in [9.17, 15) is 19.2 Å². The molecule has 142 valence electrons. The first-order chi connectivity index (χ1) is 13.9. The highest BCUT2D eigenvalue weighted by molar-refractivity contribution is 7.80. The van der Waals surface area contributed by atoms with Crippen LogP contribution in [0.2, 0.25) is 0 Å². The van der Waals surface area contributed by atoms with E-state index in [1.165, 1.54) is 29.2 Å². The maximum atomic E-state index is 12.9. The van der Waals surface area contributed by atoms with Crippen molar-refractivity contribution in [1.29, 1.82) is 0 Å². The maximum Gasteiger partial charge on any atom is 0.265 e. The van der Waals surface area contributed by atoms with Crippen molar-refractivity contribution < 1.29 is 19.2 Å². The average molecular weight is 402 g/mol. The van der Waals surface area contributed by atoms with Gasteiger partial charge in [0.2, 0.25) is 0 Å². The Labute approximate surface area is 171 Å². The van der Waals surface area contributed by atoms with Crippen molar-refractivity contribution in [3.63, 3.8) is 0 Å². The van der Waals surface area contributed by atoms with Gasteiger partial charge in [0, 0.05) is 28.8 Å². The van der Waals surface area contributed by atoms with Crippen LogP contribution in [0.4, 0.5) is 0 Å². The summed E-state index contributed by atoms with van der Waals surface area (Å²) in [6.45, 7) is 3.73. The zero-order valence-corrected chi connectivity index (χ0v) is 15.9. The molecule has 1 saturated heterocycles. The highest BCUT2D eigenvalue weighted by atomic mass is 32.1. The first-order valence-corrected chi connectivity index (χ1v) is 9.15. The number of amides is 2. The lowest BCUT2D eigenvalue weighted by Gasteiger charge is -2.27. The van der Waals surface area contributed by atoms with Crippen LogP contribution in [-0.2, 0) is 9.59 Å². The third kappa shape index (κ3) is 3.01. The molecule has 0 radical (unpaired) electrons. The number of carbonyl (C=O) groups excluding carboxylic acids is 4. The lowest BCUT2D eigenvalue weighted by molar-refractivity contribution is -0.128. The van der Waals surface area contributed by atoms with Gasteiger partial charge in [-0.25, -0.2) is 0 Å². The number of benzene rings is 2. The summed E-state index contributed by atoms with van der Waals surface area (Å²) >= 11 is 5.03. The highest BCUT2D eigenvalue weighted by Gasteiger charge is 2.33. The van der Waals surface area contributed by atoms with Crippen molar-refractivity contribution in [3.05, 3.63) is 88.5 Å². The first kappa shape index (κ1) is 18.6. The SMILES string of the molecule is C=CCN1C(=O)C(=Cc2ccc3c(c2)C(=O)c2ccccc2C3=O)C(=O)NC1=S. The molecular weight excluding hydrogens is 388 g/mol. The Morgan fingerprint density at radius 1 is 0.931 bits per heavy atom. The number of nitrogens with zero attached hydrogens (tertiary/aromatic N) is 1. The van der Waals surface area contributed by atoms with Crippen LogP contribution in [0, 0.1) is 0 Å². The largest absolute Gasteiger partial charge is 0.298 e. The maximum absolute atomic E-state index is 12.9. The van der Waals surface area contributed by atoms with Gasteiger partial charge in [0.1, 0.15) is 5.57 Å². The van der Waals surface area contributed by atoms with Gasteiger partial charge in [-0.3, -0.25) is 29.4 Å². The van der Waals surface area contributed by atoms with Crippen LogP contribution in [0.15, 0.2) is 60.7 Å². The lowest BCUT2D eigenvalue weighted by atomic mass is 9.83. The van der Waals surface area contributed by atoms with Gasteiger partial charge in [0.25, 0.3) is 11.8 Å². The Hall–Kier alpha value is -3.71. The fourth-order valence-electron chi connectivity index (χ4n) is 3.36. The molecular formula is C22H14N2O4S. The Morgan fingerprint density at radius 3 is 2.21 bits per heavy atom. The molecule has 0 spiro atoms. The molecule has 0 bridgehead atoms. The van der Waals surface area contributed by atoms with Crippen molar-refractivity contribution in [2.24, 2.45) is 0 Å². The minimum absolute atomic E-state index is 0.0138. The molecule has 2 amide bonds. The van der Waals surface area contributed by atoms with Crippen molar-refractivity contribution in [2.75, 3.05) is 6.54 Å². The van der Waals surface area contributed by atoms with Gasteiger partial charge in [-0.2, -0.15) is 0 Å². The van der Waals surface area contributed by atoms with Gasteiger partial charge in [0.05, 0.1) is 0 Å². The summed E-state index contributed by atoms with van der Waals surface area (Å²) in [5, 5.41) is 2.48. The second kappa shape index (κ2) is 7.03. The zero-order valence-electron chi connectivity index (χ0n) is 15.1. The van der Waals surface area contributed by atoms with Crippen LogP contribution in [0.25, 0.3) is 6.08 Å². The molecule has 0 aromatic heterocycles. The van der Waals surface area contributed by atoms with E-state index in [-0.39, 0.29) is 34.4 Å². The van der Waals surface area contributed by atoms with Crippen LogP contribution in [0.1, 0.15) is 37.4 Å². The Bertz CT molecular complexity index is 1180. The molecule has 0 saturated carbocycles. The van der Waals surface area contributed by atoms with E-state index in [1.807, 2.05) is 0 Å². The minimum Gasteiger partial charge on any atom is -0.298 e. The van der Waals surface area contributed by atoms with Crippen molar-refractivity contribution in [1.82, 2.24) is 10.2 Å². The van der Waals surface area contributed by atoms with Gasteiger partial charge in [0.15, 0.2) is 16.7 Å². The van der Waals surface area contributed by atoms with Gasteiger partial charge >= 0.3 is 0 Å². The summed E-state index contributed by atoms with van der Waals surface area (Å²) in [6.07, 6.45) is 2.88. The summed E-state index contributed by atoms with van der Waals surface area (Å²) in [7, 11) is 0. The molecule has 1 fully saturated rings. The van der Waals surface area contributed by atoms with E-state index < -0.39 is 11.8 Å². The summed E-state index contributed by atoms with van der Waals surface area (Å²) in [6, 6.07) is 11.3. The summed E-state index contributed by atoms with van der Waals surface area (Å²) in [5.74, 6) is -1.68. The van der Waals surface area contributed by atoms with Crippen LogP contribution in [0.3, 0.4) is 0 Å². The molecule has 1 heterocycles. The molecule has 2 aliphatic rings. The molecule has 2 aromatic carbocycles. The molecule has 7 heteroatoms. The van der Waals surface area contributed by atoms with Crippen LogP contribution in [0.5, 0.6) is 0 Å². The molecule has 1 aliphatic carbocycles. The second-order valence-corrected chi connectivity index (χ2v) is 6.92. The molecule has 1 N–H and O–H groups in total. The van der Waals surface area contributed by atoms with Crippen molar-refractivity contribution in [3.8, 4) is 0 Å². The van der Waals surface area contributed by atoms with Gasteiger partial charge < -0.3 is 0 Å². The molecule has 6 nitrogen and oxygen atoms in total. The Morgan fingerprint density at radius 2 is 1.55 bits per heavy atom. The summed E-state index contributed by atoms with van der Waals surface area (Å²) < 4.78 is 0. The average Bonchev–Trinajstić information content (AvgIpc) is 2.72. The van der Waals surface area contributed by atoms with Gasteiger partial charge in [-0.15, -0.1) is 6.58 Å². The molecule has 0 atom stereocenters. The molecule has 0 unspecified atom stereocenters. The predicted octanol–water partition coefficient (Wildman–Crippen LogP) is 2.27. The third-order valence-electron chi connectivity index (χ3n) is 4.76.